The number of amides is 1. The van der Waals surface area contributed by atoms with Crippen LogP contribution in [-0.2, 0) is 4.79 Å². The molecule has 0 bridgehead atoms. The first-order chi connectivity index (χ1) is 9.32. The van der Waals surface area contributed by atoms with Crippen LogP contribution in [0.1, 0.15) is 44.9 Å². The Hall–Kier alpha value is -0.610. The molecule has 0 atom stereocenters. The van der Waals surface area contributed by atoms with E-state index in [-0.39, 0.29) is 5.54 Å². The third-order valence-corrected chi connectivity index (χ3v) is 5.29. The smallest absolute Gasteiger partial charge is 0.226 e. The molecule has 4 heteroatoms. The third-order valence-electron chi connectivity index (χ3n) is 5.29. The van der Waals surface area contributed by atoms with Gasteiger partial charge in [0.25, 0.3) is 0 Å². The molecule has 1 saturated carbocycles. The highest BCUT2D eigenvalue weighted by Gasteiger charge is 2.43. The molecule has 0 radical (unpaired) electrons. The van der Waals surface area contributed by atoms with Crippen LogP contribution in [0.25, 0.3) is 0 Å². The zero-order valence-corrected chi connectivity index (χ0v) is 11.9. The van der Waals surface area contributed by atoms with Gasteiger partial charge in [0.15, 0.2) is 0 Å². The molecule has 0 aromatic rings. The second-order valence-corrected chi connectivity index (χ2v) is 6.48. The Morgan fingerprint density at radius 1 is 1.00 bits per heavy atom. The molecule has 2 saturated heterocycles. The van der Waals surface area contributed by atoms with Gasteiger partial charge in [0.2, 0.25) is 5.91 Å². The average Bonchev–Trinajstić information content (AvgIpc) is 2.49. The van der Waals surface area contributed by atoms with E-state index in [2.05, 4.69) is 15.5 Å². The SMILES string of the molecule is O=C(C1CCCCC1)N1CCNCC12CCNCC2. The molecule has 108 valence electrons. The summed E-state index contributed by atoms with van der Waals surface area (Å²) in [4.78, 5) is 15.2. The number of nitrogens with zero attached hydrogens (tertiary/aromatic N) is 1. The molecule has 3 fully saturated rings. The second kappa shape index (κ2) is 5.80. The van der Waals surface area contributed by atoms with Crippen LogP contribution in [0, 0.1) is 5.92 Å². The Kier molecular flexibility index (Phi) is 4.08. The molecule has 1 spiro atoms. The van der Waals surface area contributed by atoms with Crippen molar-refractivity contribution in [2.75, 3.05) is 32.7 Å². The standard InChI is InChI=1S/C15H27N3O/c19-14(13-4-2-1-3-5-13)18-11-10-17-12-15(18)6-8-16-9-7-15/h13,16-17H,1-12H2. The minimum Gasteiger partial charge on any atom is -0.334 e. The van der Waals surface area contributed by atoms with Crippen LogP contribution in [0.3, 0.4) is 0 Å². The van der Waals surface area contributed by atoms with Crippen LogP contribution in [-0.4, -0.2) is 49.1 Å². The normalized spacial score (nSPS) is 28.5. The van der Waals surface area contributed by atoms with Crippen molar-refractivity contribution in [1.29, 1.82) is 0 Å². The molecule has 2 heterocycles. The van der Waals surface area contributed by atoms with E-state index in [1.807, 2.05) is 0 Å². The first kappa shape index (κ1) is 13.4. The zero-order valence-electron chi connectivity index (χ0n) is 11.9. The molecule has 4 nitrogen and oxygen atoms in total. The molecule has 0 unspecified atom stereocenters. The van der Waals surface area contributed by atoms with Crippen molar-refractivity contribution in [2.45, 2.75) is 50.5 Å². The highest BCUT2D eigenvalue weighted by molar-refractivity contribution is 5.80. The van der Waals surface area contributed by atoms with Crippen molar-refractivity contribution < 1.29 is 4.79 Å². The number of hydrogen-bond acceptors (Lipinski definition) is 3. The molecule has 2 aliphatic heterocycles. The van der Waals surface area contributed by atoms with E-state index in [1.54, 1.807) is 0 Å². The van der Waals surface area contributed by atoms with E-state index < -0.39 is 0 Å². The van der Waals surface area contributed by atoms with Crippen LogP contribution in [0.2, 0.25) is 0 Å². The van der Waals surface area contributed by atoms with E-state index in [0.29, 0.717) is 11.8 Å². The summed E-state index contributed by atoms with van der Waals surface area (Å²) in [6.07, 6.45) is 8.28. The molecule has 19 heavy (non-hydrogen) atoms. The summed E-state index contributed by atoms with van der Waals surface area (Å²) in [6.45, 7) is 4.97. The number of carbonyl (C=O) groups excluding carboxylic acids is 1. The molecule has 3 rings (SSSR count). The summed E-state index contributed by atoms with van der Waals surface area (Å²) < 4.78 is 0. The maximum absolute atomic E-state index is 12.9. The zero-order chi connectivity index (χ0) is 13.1. The van der Waals surface area contributed by atoms with Gasteiger partial charge in [-0.25, -0.2) is 0 Å². The third kappa shape index (κ3) is 2.65. The fraction of sp³-hybridized carbons (Fsp3) is 0.933. The minimum absolute atomic E-state index is 0.109. The van der Waals surface area contributed by atoms with E-state index in [4.69, 9.17) is 0 Å². The van der Waals surface area contributed by atoms with Gasteiger partial charge < -0.3 is 15.5 Å². The molecular weight excluding hydrogens is 238 g/mol. The largest absolute Gasteiger partial charge is 0.334 e. The van der Waals surface area contributed by atoms with E-state index in [0.717, 1.165) is 58.4 Å². The fourth-order valence-corrected chi connectivity index (χ4v) is 4.10. The number of piperazine rings is 1. The van der Waals surface area contributed by atoms with Crippen molar-refractivity contribution in [2.24, 2.45) is 5.92 Å². The van der Waals surface area contributed by atoms with Gasteiger partial charge in [0, 0.05) is 25.6 Å². The van der Waals surface area contributed by atoms with Gasteiger partial charge in [0.1, 0.15) is 0 Å². The quantitative estimate of drug-likeness (QED) is 0.747. The summed E-state index contributed by atoms with van der Waals surface area (Å²) in [5.74, 6) is 0.779. The molecule has 1 aliphatic carbocycles. The van der Waals surface area contributed by atoms with E-state index in [1.165, 1.54) is 19.3 Å². The van der Waals surface area contributed by atoms with E-state index >= 15 is 0 Å². The summed E-state index contributed by atoms with van der Waals surface area (Å²) in [5.41, 5.74) is 0.109. The van der Waals surface area contributed by atoms with Gasteiger partial charge >= 0.3 is 0 Å². The Balaban J connectivity index is 1.73. The van der Waals surface area contributed by atoms with Crippen molar-refractivity contribution in [3.05, 3.63) is 0 Å². The van der Waals surface area contributed by atoms with Gasteiger partial charge in [0.05, 0.1) is 5.54 Å². The monoisotopic (exact) mass is 265 g/mol. The molecule has 0 aromatic heterocycles. The predicted molar refractivity (Wildman–Crippen MR) is 76.0 cm³/mol. The number of nitrogens with one attached hydrogen (secondary N) is 2. The first-order valence-corrected chi connectivity index (χ1v) is 8.05. The van der Waals surface area contributed by atoms with Gasteiger partial charge in [-0.2, -0.15) is 0 Å². The summed E-state index contributed by atoms with van der Waals surface area (Å²) in [5, 5.41) is 6.94. The predicted octanol–water partition coefficient (Wildman–Crippen LogP) is 1.12. The second-order valence-electron chi connectivity index (χ2n) is 6.48. The Morgan fingerprint density at radius 2 is 1.74 bits per heavy atom. The highest BCUT2D eigenvalue weighted by Crippen LogP contribution is 2.32. The highest BCUT2D eigenvalue weighted by atomic mass is 16.2. The summed E-state index contributed by atoms with van der Waals surface area (Å²) in [7, 11) is 0. The van der Waals surface area contributed by atoms with E-state index in [9.17, 15) is 4.79 Å². The Bertz CT molecular complexity index is 311. The summed E-state index contributed by atoms with van der Waals surface area (Å²) >= 11 is 0. The summed E-state index contributed by atoms with van der Waals surface area (Å²) in [6, 6.07) is 0. The number of rotatable bonds is 1. The van der Waals surface area contributed by atoms with Crippen molar-refractivity contribution in [3.63, 3.8) is 0 Å². The lowest BCUT2D eigenvalue weighted by Crippen LogP contribution is -2.66. The van der Waals surface area contributed by atoms with Crippen LogP contribution in [0.15, 0.2) is 0 Å². The van der Waals surface area contributed by atoms with Gasteiger partial charge in [-0.15, -0.1) is 0 Å². The van der Waals surface area contributed by atoms with Crippen molar-refractivity contribution in [3.8, 4) is 0 Å². The van der Waals surface area contributed by atoms with Crippen LogP contribution < -0.4 is 10.6 Å². The Labute approximate surface area is 116 Å². The van der Waals surface area contributed by atoms with Crippen LogP contribution in [0.4, 0.5) is 0 Å². The van der Waals surface area contributed by atoms with Crippen molar-refractivity contribution in [1.82, 2.24) is 15.5 Å². The number of carbonyl (C=O) groups is 1. The molecular formula is C15H27N3O. The lowest BCUT2D eigenvalue weighted by molar-refractivity contribution is -0.146. The lowest BCUT2D eigenvalue weighted by atomic mass is 9.81. The van der Waals surface area contributed by atoms with Crippen LogP contribution >= 0.6 is 0 Å². The van der Waals surface area contributed by atoms with Gasteiger partial charge in [-0.3, -0.25) is 4.79 Å². The topological polar surface area (TPSA) is 44.4 Å². The molecule has 0 aromatic carbocycles. The van der Waals surface area contributed by atoms with Crippen molar-refractivity contribution >= 4 is 5.91 Å². The average molecular weight is 265 g/mol. The molecule has 2 N–H and O–H groups in total. The lowest BCUT2D eigenvalue weighted by Gasteiger charge is -2.51. The first-order valence-electron chi connectivity index (χ1n) is 8.05. The van der Waals surface area contributed by atoms with Gasteiger partial charge in [-0.1, -0.05) is 19.3 Å². The number of piperidine rings is 1. The fourth-order valence-electron chi connectivity index (χ4n) is 4.10. The van der Waals surface area contributed by atoms with Crippen LogP contribution in [0.5, 0.6) is 0 Å². The number of hydrogen-bond donors (Lipinski definition) is 2. The molecule has 1 amide bonds. The minimum atomic E-state index is 0.109. The maximum atomic E-state index is 12.9. The molecule has 3 aliphatic rings. The van der Waals surface area contributed by atoms with Gasteiger partial charge in [-0.05, 0) is 38.8 Å². The Morgan fingerprint density at radius 3 is 2.47 bits per heavy atom. The maximum Gasteiger partial charge on any atom is 0.226 e.